The number of pyridine rings is 3. The Morgan fingerprint density at radius 3 is 2.47 bits per heavy atom. The van der Waals surface area contributed by atoms with Gasteiger partial charge in [-0.2, -0.15) is 10.4 Å². The Bertz CT molecular complexity index is 1690. The highest BCUT2D eigenvalue weighted by Gasteiger charge is 2.45. The lowest BCUT2D eigenvalue weighted by atomic mass is 9.72. The minimum atomic E-state index is -0.167. The van der Waals surface area contributed by atoms with Gasteiger partial charge in [0.1, 0.15) is 24.2 Å². The van der Waals surface area contributed by atoms with E-state index in [4.69, 9.17) is 14.5 Å². The summed E-state index contributed by atoms with van der Waals surface area (Å²) in [5.74, 6) is 3.04. The van der Waals surface area contributed by atoms with E-state index in [-0.39, 0.29) is 6.10 Å². The maximum atomic E-state index is 10.1. The van der Waals surface area contributed by atoms with E-state index in [1.54, 1.807) is 17.8 Å². The number of hydrogen-bond acceptors (Lipinski definition) is 9. The second-order valence-corrected chi connectivity index (χ2v) is 13.3. The molecule has 0 aromatic carbocycles. The minimum Gasteiger partial charge on any atom is -0.491 e. The second-order valence-electron chi connectivity index (χ2n) is 13.3. The molecule has 0 amide bonds. The third-order valence-electron chi connectivity index (χ3n) is 10.6. The van der Waals surface area contributed by atoms with Crippen LogP contribution in [0.1, 0.15) is 56.1 Å². The minimum absolute atomic E-state index is 0.167. The third-order valence-corrected chi connectivity index (χ3v) is 10.6. The van der Waals surface area contributed by atoms with Gasteiger partial charge in [0.15, 0.2) is 0 Å². The zero-order chi connectivity index (χ0) is 30.5. The number of fused-ring (bicyclic) bond motifs is 5. The summed E-state index contributed by atoms with van der Waals surface area (Å²) in [7, 11) is 1.65. The number of nitriles is 1. The van der Waals surface area contributed by atoms with E-state index in [2.05, 4.69) is 44.2 Å². The number of aliphatic hydroxyl groups is 1. The summed E-state index contributed by atoms with van der Waals surface area (Å²) in [5, 5.41) is 24.4. The van der Waals surface area contributed by atoms with Gasteiger partial charge >= 0.3 is 0 Å². The van der Waals surface area contributed by atoms with Crippen LogP contribution in [-0.2, 0) is 6.42 Å². The van der Waals surface area contributed by atoms with Crippen LogP contribution in [0.2, 0.25) is 0 Å². The summed E-state index contributed by atoms with van der Waals surface area (Å²) in [4.78, 5) is 14.3. The zero-order valence-corrected chi connectivity index (χ0v) is 25.6. The topological polar surface area (TPSA) is 112 Å². The Kier molecular flexibility index (Phi) is 7.31. The predicted molar refractivity (Wildman–Crippen MR) is 169 cm³/mol. The Hall–Kier alpha value is -4.20. The van der Waals surface area contributed by atoms with E-state index in [0.717, 1.165) is 74.0 Å². The van der Waals surface area contributed by atoms with E-state index < -0.39 is 0 Å². The predicted octanol–water partition coefficient (Wildman–Crippen LogP) is 4.64. The van der Waals surface area contributed by atoms with Gasteiger partial charge in [-0.3, -0.25) is 4.90 Å². The van der Waals surface area contributed by atoms with Crippen molar-refractivity contribution in [1.29, 1.82) is 5.26 Å². The molecule has 5 atom stereocenters. The third kappa shape index (κ3) is 5.28. The van der Waals surface area contributed by atoms with E-state index >= 15 is 0 Å². The van der Waals surface area contributed by atoms with Gasteiger partial charge in [0.2, 0.25) is 5.88 Å². The molecule has 4 bridgehead atoms. The number of methoxy groups -OCH3 is 1. The van der Waals surface area contributed by atoms with Gasteiger partial charge in [-0.15, -0.1) is 0 Å². The molecule has 0 radical (unpaired) electrons. The normalized spacial score (nSPS) is 27.3. The van der Waals surface area contributed by atoms with Crippen molar-refractivity contribution in [1.82, 2.24) is 24.5 Å². The molecule has 9 rings (SSSR count). The molecule has 4 aliphatic heterocycles. The molecule has 8 heterocycles. The molecule has 1 aliphatic carbocycles. The van der Waals surface area contributed by atoms with E-state index in [1.807, 2.05) is 30.7 Å². The van der Waals surface area contributed by atoms with Crippen LogP contribution >= 0.6 is 0 Å². The number of piperidine rings is 2. The molecule has 45 heavy (non-hydrogen) atoms. The summed E-state index contributed by atoms with van der Waals surface area (Å²) in [6.07, 6.45) is 15.8. The van der Waals surface area contributed by atoms with Crippen molar-refractivity contribution in [2.75, 3.05) is 25.2 Å². The molecule has 0 spiro atoms. The summed E-state index contributed by atoms with van der Waals surface area (Å²) < 4.78 is 13.2. The van der Waals surface area contributed by atoms with Crippen molar-refractivity contribution >= 4 is 11.3 Å². The van der Waals surface area contributed by atoms with Crippen molar-refractivity contribution in [2.24, 2.45) is 5.92 Å². The zero-order valence-electron chi connectivity index (χ0n) is 25.6. The molecule has 1 saturated carbocycles. The van der Waals surface area contributed by atoms with Crippen LogP contribution < -0.4 is 14.4 Å². The number of hydrogen-bond donors (Lipinski definition) is 1. The average Bonchev–Trinajstić information content (AvgIpc) is 3.58. The Morgan fingerprint density at radius 2 is 1.78 bits per heavy atom. The highest BCUT2D eigenvalue weighted by atomic mass is 16.5. The lowest BCUT2D eigenvalue weighted by Gasteiger charge is -2.56. The van der Waals surface area contributed by atoms with Gasteiger partial charge in [-0.05, 0) is 81.0 Å². The highest BCUT2D eigenvalue weighted by molar-refractivity contribution is 5.85. The molecular formula is C35H39N7O3. The van der Waals surface area contributed by atoms with Gasteiger partial charge in [0.25, 0.3) is 0 Å². The standard InChI is InChI=1S/C35H39N7O3/c1-44-34-7-2-22(18-38-34)10-23-11-28-13-29(12-23)42(28)33-6-3-24(19-37-33)32-16-31(21-41-35(32)25(17-36)20-39-41)45-9-8-40-26-4-5-27(40)15-30(43)14-26/h2-3,6-7,16,18-21,23,26-30,43H,4-5,8-15H2,1H3/t23?,26-,27+,28?,29?,30?. The maximum Gasteiger partial charge on any atom is 0.212 e. The van der Waals surface area contributed by atoms with Crippen molar-refractivity contribution in [3.63, 3.8) is 0 Å². The first kappa shape index (κ1) is 28.3. The van der Waals surface area contributed by atoms with Crippen LogP contribution in [0, 0.1) is 17.2 Å². The van der Waals surface area contributed by atoms with Gasteiger partial charge < -0.3 is 19.5 Å². The van der Waals surface area contributed by atoms with Gasteiger partial charge in [-0.25, -0.2) is 14.5 Å². The SMILES string of the molecule is COc1ccc(CC2CC3CC(C2)N3c2ccc(-c3cc(OCCN4[C@@H]5CC[C@H]4CC(O)C5)cn4ncc(C#N)c34)cn2)cn1. The molecule has 10 heteroatoms. The molecule has 1 N–H and O–H groups in total. The van der Waals surface area contributed by atoms with E-state index in [1.165, 1.54) is 12.0 Å². The summed E-state index contributed by atoms with van der Waals surface area (Å²) in [5.41, 5.74) is 4.38. The number of anilines is 1. The molecule has 4 aromatic heterocycles. The smallest absolute Gasteiger partial charge is 0.212 e. The molecule has 10 nitrogen and oxygen atoms in total. The van der Waals surface area contributed by atoms with Gasteiger partial charge in [0.05, 0.1) is 36.7 Å². The molecular weight excluding hydrogens is 566 g/mol. The average molecular weight is 606 g/mol. The van der Waals surface area contributed by atoms with E-state index in [0.29, 0.717) is 53.9 Å². The fourth-order valence-electron chi connectivity index (χ4n) is 8.57. The Labute approximate surface area is 263 Å². The summed E-state index contributed by atoms with van der Waals surface area (Å²) in [6, 6.07) is 14.6. The Morgan fingerprint density at radius 1 is 0.956 bits per heavy atom. The fourth-order valence-corrected chi connectivity index (χ4v) is 8.57. The number of rotatable bonds is 9. The largest absolute Gasteiger partial charge is 0.491 e. The van der Waals surface area contributed by atoms with Crippen molar-refractivity contribution in [2.45, 2.75) is 81.6 Å². The van der Waals surface area contributed by atoms with Crippen LogP contribution in [0.25, 0.3) is 16.6 Å². The van der Waals surface area contributed by atoms with Crippen molar-refractivity contribution in [3.05, 3.63) is 66.2 Å². The summed E-state index contributed by atoms with van der Waals surface area (Å²) in [6.45, 7) is 1.40. The molecule has 4 saturated heterocycles. The van der Waals surface area contributed by atoms with Gasteiger partial charge in [-0.1, -0.05) is 6.07 Å². The van der Waals surface area contributed by atoms with E-state index in [9.17, 15) is 10.4 Å². The lowest BCUT2D eigenvalue weighted by Crippen LogP contribution is -2.61. The van der Waals surface area contributed by atoms with Gasteiger partial charge in [0, 0.05) is 60.3 Å². The van der Waals surface area contributed by atoms with Crippen molar-refractivity contribution < 1.29 is 14.6 Å². The quantitative estimate of drug-likeness (QED) is 0.292. The first-order valence-electron chi connectivity index (χ1n) is 16.3. The van der Waals surface area contributed by atoms with Crippen LogP contribution in [0.15, 0.2) is 55.1 Å². The molecule has 3 unspecified atom stereocenters. The van der Waals surface area contributed by atoms with Crippen molar-refractivity contribution in [3.8, 4) is 28.8 Å². The molecule has 4 aromatic rings. The first-order valence-corrected chi connectivity index (χ1v) is 16.3. The van der Waals surface area contributed by atoms with Crippen LogP contribution in [-0.4, -0.2) is 80.1 Å². The molecule has 5 aliphatic rings. The second kappa shape index (κ2) is 11.6. The molecule has 232 valence electrons. The Balaban J connectivity index is 0.962. The lowest BCUT2D eigenvalue weighted by molar-refractivity contribution is 0.0287. The monoisotopic (exact) mass is 605 g/mol. The number of nitrogens with zero attached hydrogens (tertiary/aromatic N) is 7. The maximum absolute atomic E-state index is 10.1. The number of aliphatic hydroxyl groups excluding tert-OH is 1. The van der Waals surface area contributed by atoms with Crippen LogP contribution in [0.3, 0.4) is 0 Å². The molecule has 5 fully saturated rings. The number of ether oxygens (including phenoxy) is 2. The number of aromatic nitrogens is 4. The van der Waals surface area contributed by atoms with Crippen LogP contribution in [0.4, 0.5) is 5.82 Å². The highest BCUT2D eigenvalue weighted by Crippen LogP contribution is 2.45. The summed E-state index contributed by atoms with van der Waals surface area (Å²) >= 11 is 0. The fraction of sp³-hybridized carbons (Fsp3) is 0.486. The first-order chi connectivity index (χ1) is 22.1. The van der Waals surface area contributed by atoms with Crippen LogP contribution in [0.5, 0.6) is 11.6 Å².